The zero-order chi connectivity index (χ0) is 23.5. The van der Waals surface area contributed by atoms with Crippen LogP contribution in [0.1, 0.15) is 48.3 Å². The number of hydrogen-bond donors (Lipinski definition) is 0. The third kappa shape index (κ3) is 4.34. The van der Waals surface area contributed by atoms with Gasteiger partial charge in [0.1, 0.15) is 12.4 Å². The molecule has 2 aliphatic rings. The largest absolute Gasteiger partial charge is 0.457 e. The monoisotopic (exact) mass is 450 g/mol. The van der Waals surface area contributed by atoms with Gasteiger partial charge in [-0.05, 0) is 42.0 Å². The molecule has 0 spiro atoms. The molecule has 3 aromatic rings. The maximum absolute atomic E-state index is 13.6. The number of carbonyl (C=O) groups excluding carboxylic acids is 2. The van der Waals surface area contributed by atoms with Crippen molar-refractivity contribution in [3.8, 4) is 0 Å². The molecule has 1 aliphatic heterocycles. The molecule has 5 nitrogen and oxygen atoms in total. The van der Waals surface area contributed by atoms with Crippen LogP contribution in [0, 0.1) is 5.92 Å². The number of rotatable bonds is 5. The second kappa shape index (κ2) is 9.56. The van der Waals surface area contributed by atoms with Gasteiger partial charge >= 0.3 is 5.97 Å². The molecule has 3 atom stereocenters. The van der Waals surface area contributed by atoms with Crippen molar-refractivity contribution in [3.63, 3.8) is 0 Å². The normalized spacial score (nSPS) is 22.1. The first-order valence-electron chi connectivity index (χ1n) is 11.6. The van der Waals surface area contributed by atoms with Gasteiger partial charge in [0.15, 0.2) is 0 Å². The van der Waals surface area contributed by atoms with Crippen LogP contribution >= 0.6 is 0 Å². The van der Waals surface area contributed by atoms with Crippen LogP contribution in [0.3, 0.4) is 0 Å². The van der Waals surface area contributed by atoms with Gasteiger partial charge in [-0.15, -0.1) is 0 Å². The summed E-state index contributed by atoms with van der Waals surface area (Å²) in [7, 11) is 0. The van der Waals surface area contributed by atoms with Crippen molar-refractivity contribution in [2.24, 2.45) is 10.9 Å². The Kier molecular flexibility index (Phi) is 6.17. The number of nitrogens with zero attached hydrogens (tertiary/aromatic N) is 2. The summed E-state index contributed by atoms with van der Waals surface area (Å²) < 4.78 is 5.70. The number of aliphatic imine (C=N–C) groups is 1. The molecule has 0 amide bonds. The highest BCUT2D eigenvalue weighted by Gasteiger charge is 2.46. The van der Waals surface area contributed by atoms with Crippen LogP contribution in [0.4, 0.5) is 0 Å². The fourth-order valence-corrected chi connectivity index (χ4v) is 5.12. The number of benzene rings is 2. The van der Waals surface area contributed by atoms with E-state index in [1.165, 1.54) is 0 Å². The van der Waals surface area contributed by atoms with Crippen LogP contribution in [-0.4, -0.2) is 22.4 Å². The molecular weight excluding hydrogens is 424 g/mol. The molecule has 5 rings (SSSR count). The highest BCUT2D eigenvalue weighted by atomic mass is 16.5. The molecule has 170 valence electrons. The molecule has 0 radical (unpaired) electrons. The van der Waals surface area contributed by atoms with Gasteiger partial charge in [-0.2, -0.15) is 0 Å². The fourth-order valence-electron chi connectivity index (χ4n) is 5.12. The number of allylic oxidation sites excluding steroid dienone is 1. The maximum atomic E-state index is 13.6. The summed E-state index contributed by atoms with van der Waals surface area (Å²) in [6.07, 6.45) is 4.55. The lowest BCUT2D eigenvalue weighted by Crippen LogP contribution is -2.41. The molecular formula is C29H26N2O3. The van der Waals surface area contributed by atoms with Gasteiger partial charge in [0.2, 0.25) is 0 Å². The molecule has 1 aromatic heterocycles. The minimum atomic E-state index is -0.480. The number of carbonyl (C=O) groups is 2. The van der Waals surface area contributed by atoms with Gasteiger partial charge < -0.3 is 4.74 Å². The second-order valence-electron chi connectivity index (χ2n) is 8.89. The zero-order valence-electron chi connectivity index (χ0n) is 19.1. The molecule has 34 heavy (non-hydrogen) atoms. The summed E-state index contributed by atoms with van der Waals surface area (Å²) in [6, 6.07) is 23.4. The number of ketones is 1. The van der Waals surface area contributed by atoms with Crippen LogP contribution in [0.5, 0.6) is 0 Å². The van der Waals surface area contributed by atoms with E-state index in [4.69, 9.17) is 9.73 Å². The molecule has 1 saturated carbocycles. The number of fused-ring (bicyclic) bond motifs is 1. The van der Waals surface area contributed by atoms with E-state index < -0.39 is 17.8 Å². The van der Waals surface area contributed by atoms with Crippen molar-refractivity contribution >= 4 is 17.5 Å². The van der Waals surface area contributed by atoms with E-state index in [-0.39, 0.29) is 18.3 Å². The highest BCUT2D eigenvalue weighted by Crippen LogP contribution is 2.45. The molecule has 0 N–H and O–H groups in total. The average molecular weight is 451 g/mol. The molecule has 0 saturated heterocycles. The molecule has 0 bridgehead atoms. The minimum Gasteiger partial charge on any atom is -0.457 e. The first kappa shape index (κ1) is 22.0. The molecule has 1 fully saturated rings. The van der Waals surface area contributed by atoms with Crippen LogP contribution in [0.2, 0.25) is 0 Å². The van der Waals surface area contributed by atoms with Crippen molar-refractivity contribution in [3.05, 3.63) is 113 Å². The lowest BCUT2D eigenvalue weighted by molar-refractivity contribution is -0.140. The van der Waals surface area contributed by atoms with Gasteiger partial charge in [0.05, 0.1) is 11.5 Å². The number of hydrogen-bond acceptors (Lipinski definition) is 5. The maximum Gasteiger partial charge on any atom is 0.336 e. The summed E-state index contributed by atoms with van der Waals surface area (Å²) in [4.78, 5) is 36.0. The zero-order valence-corrected chi connectivity index (χ0v) is 19.1. The standard InChI is InChI=1S/C29H26N2O3/c1-19-26(29(33)34-18-20-9-4-2-5-10-20)27(22-13-8-14-30-17-22)28-24(31-19)15-23(16-25(28)32)21-11-6-3-7-12-21/h2-14,17,23,27-28H,15-16,18H2,1H3. The van der Waals surface area contributed by atoms with Crippen LogP contribution in [0.15, 0.2) is 101 Å². The van der Waals surface area contributed by atoms with Crippen molar-refractivity contribution in [2.45, 2.75) is 38.2 Å². The van der Waals surface area contributed by atoms with Gasteiger partial charge in [-0.25, -0.2) is 4.79 Å². The Hall–Kier alpha value is -3.86. The van der Waals surface area contributed by atoms with Gasteiger partial charge in [-0.1, -0.05) is 66.7 Å². The first-order chi connectivity index (χ1) is 16.6. The quantitative estimate of drug-likeness (QED) is 0.488. The lowest BCUT2D eigenvalue weighted by atomic mass is 9.66. The summed E-state index contributed by atoms with van der Waals surface area (Å²) in [6.45, 7) is 2.00. The second-order valence-corrected chi connectivity index (χ2v) is 8.89. The Morgan fingerprint density at radius 3 is 2.32 bits per heavy atom. The number of aromatic nitrogens is 1. The Balaban J connectivity index is 1.51. The fraction of sp³-hybridized carbons (Fsp3) is 0.241. The Bertz CT molecular complexity index is 1250. The predicted molar refractivity (Wildman–Crippen MR) is 130 cm³/mol. The van der Waals surface area contributed by atoms with E-state index in [9.17, 15) is 9.59 Å². The molecule has 2 heterocycles. The van der Waals surface area contributed by atoms with E-state index >= 15 is 0 Å². The minimum absolute atomic E-state index is 0.0950. The predicted octanol–water partition coefficient (Wildman–Crippen LogP) is 5.40. The van der Waals surface area contributed by atoms with E-state index in [0.29, 0.717) is 24.1 Å². The summed E-state index contributed by atoms with van der Waals surface area (Å²) in [5, 5.41) is 0. The number of pyridine rings is 1. The Labute approximate surface area is 199 Å². The van der Waals surface area contributed by atoms with E-state index in [0.717, 1.165) is 22.4 Å². The van der Waals surface area contributed by atoms with Crippen LogP contribution in [0.25, 0.3) is 0 Å². The van der Waals surface area contributed by atoms with Crippen molar-refractivity contribution in [2.75, 3.05) is 0 Å². The van der Waals surface area contributed by atoms with Gasteiger partial charge in [0.25, 0.3) is 0 Å². The summed E-state index contributed by atoms with van der Waals surface area (Å²) in [5.41, 5.74) is 4.79. The number of Topliss-reactive ketones (excluding diaryl/α,β-unsaturated/α-hetero) is 1. The summed E-state index contributed by atoms with van der Waals surface area (Å²) >= 11 is 0. The van der Waals surface area contributed by atoms with Crippen molar-refractivity contribution in [1.82, 2.24) is 4.98 Å². The highest BCUT2D eigenvalue weighted by molar-refractivity contribution is 6.12. The number of ether oxygens (including phenoxy) is 1. The Morgan fingerprint density at radius 1 is 0.912 bits per heavy atom. The topological polar surface area (TPSA) is 68.6 Å². The smallest absolute Gasteiger partial charge is 0.336 e. The Morgan fingerprint density at radius 2 is 1.62 bits per heavy atom. The molecule has 1 aliphatic carbocycles. The van der Waals surface area contributed by atoms with Crippen molar-refractivity contribution in [1.29, 1.82) is 0 Å². The molecule has 3 unspecified atom stereocenters. The molecule has 5 heteroatoms. The van der Waals surface area contributed by atoms with Crippen molar-refractivity contribution < 1.29 is 14.3 Å². The third-order valence-electron chi connectivity index (χ3n) is 6.70. The van der Waals surface area contributed by atoms with Crippen LogP contribution in [-0.2, 0) is 20.9 Å². The van der Waals surface area contributed by atoms with Gasteiger partial charge in [0, 0.05) is 36.1 Å². The van der Waals surface area contributed by atoms with E-state index in [1.54, 1.807) is 12.4 Å². The average Bonchev–Trinajstić information content (AvgIpc) is 2.88. The number of esters is 1. The SMILES string of the molecule is CC1=C(C(=O)OCc2ccccc2)C(c2cccnc2)C2C(=O)CC(c3ccccc3)CC2=N1. The summed E-state index contributed by atoms with van der Waals surface area (Å²) in [5.74, 6) is -1.16. The van der Waals surface area contributed by atoms with Crippen LogP contribution < -0.4 is 0 Å². The van der Waals surface area contributed by atoms with E-state index in [2.05, 4.69) is 17.1 Å². The molecule has 2 aromatic carbocycles. The first-order valence-corrected chi connectivity index (χ1v) is 11.6. The third-order valence-corrected chi connectivity index (χ3v) is 6.70. The van der Waals surface area contributed by atoms with Gasteiger partial charge in [-0.3, -0.25) is 14.8 Å². The lowest BCUT2D eigenvalue weighted by Gasteiger charge is -2.38. The van der Waals surface area contributed by atoms with E-state index in [1.807, 2.05) is 67.6 Å².